The summed E-state index contributed by atoms with van der Waals surface area (Å²) in [6, 6.07) is 14.7. The van der Waals surface area contributed by atoms with E-state index in [-0.39, 0.29) is 24.3 Å². The van der Waals surface area contributed by atoms with Crippen LogP contribution in [0.2, 0.25) is 0 Å². The standard InChI is InChI=1S/C24H28N6O3/c1-4-5-13-30-21(31)15-20(22(30)16-9-11-19(33-3)12-10-16)24(32)25-18-8-6-7-17(14-18)23-26-27-28-29(23)2/h6-12,14,20,22H,4-5,13,15H2,1-3H3,(H,25,32)/t20-,22+/m0/s1. The Hall–Kier alpha value is -3.75. The van der Waals surface area contributed by atoms with Gasteiger partial charge in [-0.15, -0.1) is 5.10 Å². The van der Waals surface area contributed by atoms with Crippen LogP contribution in [0, 0.1) is 5.92 Å². The van der Waals surface area contributed by atoms with E-state index in [9.17, 15) is 9.59 Å². The van der Waals surface area contributed by atoms with E-state index in [1.165, 1.54) is 0 Å². The molecular weight excluding hydrogens is 420 g/mol. The maximum Gasteiger partial charge on any atom is 0.230 e. The first-order valence-electron chi connectivity index (χ1n) is 11.1. The summed E-state index contributed by atoms with van der Waals surface area (Å²) in [7, 11) is 3.37. The van der Waals surface area contributed by atoms with E-state index in [0.29, 0.717) is 18.1 Å². The van der Waals surface area contributed by atoms with Crippen molar-refractivity contribution < 1.29 is 14.3 Å². The van der Waals surface area contributed by atoms with E-state index < -0.39 is 5.92 Å². The Bertz CT molecular complexity index is 1130. The van der Waals surface area contributed by atoms with Crippen molar-refractivity contribution in [1.82, 2.24) is 25.1 Å². The molecule has 0 aliphatic carbocycles. The average Bonchev–Trinajstić information content (AvgIpc) is 3.40. The molecular formula is C24H28N6O3. The van der Waals surface area contributed by atoms with Crippen LogP contribution in [0.5, 0.6) is 5.75 Å². The van der Waals surface area contributed by atoms with Gasteiger partial charge in [0.2, 0.25) is 11.8 Å². The number of rotatable bonds is 8. The summed E-state index contributed by atoms with van der Waals surface area (Å²) in [5.41, 5.74) is 2.35. The second kappa shape index (κ2) is 9.81. The van der Waals surface area contributed by atoms with Gasteiger partial charge in [-0.25, -0.2) is 4.68 Å². The van der Waals surface area contributed by atoms with Gasteiger partial charge in [-0.3, -0.25) is 9.59 Å². The number of anilines is 1. The maximum atomic E-state index is 13.4. The van der Waals surface area contributed by atoms with Crippen LogP contribution < -0.4 is 10.1 Å². The van der Waals surface area contributed by atoms with Crippen LogP contribution in [0.25, 0.3) is 11.4 Å². The number of hydrogen-bond acceptors (Lipinski definition) is 6. The number of methoxy groups -OCH3 is 1. The van der Waals surface area contributed by atoms with Gasteiger partial charge in [0.15, 0.2) is 5.82 Å². The number of aromatic nitrogens is 4. The molecule has 2 aromatic carbocycles. The highest BCUT2D eigenvalue weighted by molar-refractivity contribution is 5.98. The third-order valence-electron chi connectivity index (χ3n) is 5.99. The number of tetrazole rings is 1. The molecule has 172 valence electrons. The Labute approximate surface area is 192 Å². The van der Waals surface area contributed by atoms with Crippen molar-refractivity contribution in [3.8, 4) is 17.1 Å². The summed E-state index contributed by atoms with van der Waals surface area (Å²) in [4.78, 5) is 28.1. The predicted octanol–water partition coefficient (Wildman–Crippen LogP) is 3.21. The SMILES string of the molecule is CCCCN1C(=O)C[C@H](C(=O)Nc2cccc(-c3nnnn3C)c2)[C@H]1c1ccc(OC)cc1. The van der Waals surface area contributed by atoms with E-state index in [0.717, 1.165) is 29.7 Å². The van der Waals surface area contributed by atoms with Gasteiger partial charge in [-0.05, 0) is 46.7 Å². The molecule has 2 atom stereocenters. The fraction of sp³-hybridized carbons (Fsp3) is 0.375. The summed E-state index contributed by atoms with van der Waals surface area (Å²) in [5.74, 6) is 0.658. The molecule has 4 rings (SSSR count). The lowest BCUT2D eigenvalue weighted by atomic mass is 9.92. The van der Waals surface area contributed by atoms with Crippen LogP contribution in [-0.2, 0) is 16.6 Å². The lowest BCUT2D eigenvalue weighted by Gasteiger charge is -2.28. The van der Waals surface area contributed by atoms with Gasteiger partial charge in [0.05, 0.1) is 19.1 Å². The second-order valence-electron chi connectivity index (χ2n) is 8.17. The normalized spacial score (nSPS) is 17.9. The van der Waals surface area contributed by atoms with E-state index in [1.807, 2.05) is 53.4 Å². The second-order valence-corrected chi connectivity index (χ2v) is 8.17. The lowest BCUT2D eigenvalue weighted by Crippen LogP contribution is -2.33. The highest BCUT2D eigenvalue weighted by Crippen LogP contribution is 2.39. The molecule has 0 saturated carbocycles. The number of carbonyl (C=O) groups excluding carboxylic acids is 2. The Morgan fingerprint density at radius 2 is 2.00 bits per heavy atom. The van der Waals surface area contributed by atoms with Gasteiger partial charge in [0, 0.05) is 31.3 Å². The highest BCUT2D eigenvalue weighted by Gasteiger charge is 2.44. The molecule has 0 unspecified atom stereocenters. The number of likely N-dealkylation sites (tertiary alicyclic amines) is 1. The maximum absolute atomic E-state index is 13.4. The minimum absolute atomic E-state index is 0.00308. The quantitative estimate of drug-likeness (QED) is 0.568. The first kappa shape index (κ1) is 22.4. The van der Waals surface area contributed by atoms with Crippen LogP contribution in [0.15, 0.2) is 48.5 Å². The first-order chi connectivity index (χ1) is 16.0. The van der Waals surface area contributed by atoms with Crippen molar-refractivity contribution in [2.45, 2.75) is 32.2 Å². The summed E-state index contributed by atoms with van der Waals surface area (Å²) >= 11 is 0. The zero-order chi connectivity index (χ0) is 23.4. The van der Waals surface area contributed by atoms with Crippen molar-refractivity contribution in [2.75, 3.05) is 19.0 Å². The summed E-state index contributed by atoms with van der Waals surface area (Å²) in [6.45, 7) is 2.72. The number of nitrogens with zero attached hydrogens (tertiary/aromatic N) is 5. The lowest BCUT2D eigenvalue weighted by molar-refractivity contribution is -0.129. The zero-order valence-electron chi connectivity index (χ0n) is 19.1. The first-order valence-corrected chi connectivity index (χ1v) is 11.1. The highest BCUT2D eigenvalue weighted by atomic mass is 16.5. The summed E-state index contributed by atoms with van der Waals surface area (Å²) < 4.78 is 6.84. The van der Waals surface area contributed by atoms with E-state index in [2.05, 4.69) is 27.8 Å². The summed E-state index contributed by atoms with van der Waals surface area (Å²) in [5, 5.41) is 14.6. The molecule has 2 heterocycles. The topological polar surface area (TPSA) is 102 Å². The molecule has 33 heavy (non-hydrogen) atoms. The van der Waals surface area contributed by atoms with Crippen molar-refractivity contribution in [1.29, 1.82) is 0 Å². The Morgan fingerprint density at radius 3 is 2.67 bits per heavy atom. The van der Waals surface area contributed by atoms with Gasteiger partial charge < -0.3 is 15.0 Å². The smallest absolute Gasteiger partial charge is 0.230 e. The third-order valence-corrected chi connectivity index (χ3v) is 5.99. The monoisotopic (exact) mass is 448 g/mol. The number of amides is 2. The third kappa shape index (κ3) is 4.72. The molecule has 1 fully saturated rings. The summed E-state index contributed by atoms with van der Waals surface area (Å²) in [6.07, 6.45) is 2.04. The van der Waals surface area contributed by atoms with Crippen LogP contribution in [-0.4, -0.2) is 50.6 Å². The fourth-order valence-electron chi connectivity index (χ4n) is 4.28. The molecule has 0 spiro atoms. The van der Waals surface area contributed by atoms with E-state index >= 15 is 0 Å². The van der Waals surface area contributed by atoms with Gasteiger partial charge in [-0.2, -0.15) is 0 Å². The molecule has 9 nitrogen and oxygen atoms in total. The van der Waals surface area contributed by atoms with Gasteiger partial charge in [-0.1, -0.05) is 37.6 Å². The number of aryl methyl sites for hydroxylation is 1. The van der Waals surface area contributed by atoms with Gasteiger partial charge >= 0.3 is 0 Å². The number of carbonyl (C=O) groups is 2. The zero-order valence-corrected chi connectivity index (χ0v) is 19.1. The Morgan fingerprint density at radius 1 is 1.21 bits per heavy atom. The number of benzene rings is 2. The van der Waals surface area contributed by atoms with Crippen LogP contribution in [0.1, 0.15) is 37.8 Å². The minimum Gasteiger partial charge on any atom is -0.497 e. The number of ether oxygens (including phenoxy) is 1. The average molecular weight is 449 g/mol. The van der Waals surface area contributed by atoms with Crippen molar-refractivity contribution in [3.63, 3.8) is 0 Å². The van der Waals surface area contributed by atoms with Crippen molar-refractivity contribution in [3.05, 3.63) is 54.1 Å². The van der Waals surface area contributed by atoms with Crippen LogP contribution in [0.4, 0.5) is 5.69 Å². The molecule has 9 heteroatoms. The van der Waals surface area contributed by atoms with E-state index in [1.54, 1.807) is 18.8 Å². The molecule has 3 aromatic rings. The number of hydrogen-bond donors (Lipinski definition) is 1. The van der Waals surface area contributed by atoms with Crippen LogP contribution >= 0.6 is 0 Å². The van der Waals surface area contributed by atoms with Gasteiger partial charge in [0.25, 0.3) is 0 Å². The molecule has 1 N–H and O–H groups in total. The molecule has 1 aliphatic heterocycles. The fourth-order valence-corrected chi connectivity index (χ4v) is 4.28. The Balaban J connectivity index is 1.59. The minimum atomic E-state index is -0.497. The molecule has 1 aromatic heterocycles. The van der Waals surface area contributed by atoms with Crippen molar-refractivity contribution >= 4 is 17.5 Å². The predicted molar refractivity (Wildman–Crippen MR) is 123 cm³/mol. The van der Waals surface area contributed by atoms with Crippen molar-refractivity contribution in [2.24, 2.45) is 13.0 Å². The molecule has 1 aliphatic rings. The Kier molecular flexibility index (Phi) is 6.67. The molecule has 2 amide bonds. The molecule has 0 bridgehead atoms. The van der Waals surface area contributed by atoms with E-state index in [4.69, 9.17) is 4.74 Å². The molecule has 1 saturated heterocycles. The van der Waals surface area contributed by atoms with Gasteiger partial charge in [0.1, 0.15) is 5.75 Å². The number of nitrogens with one attached hydrogen (secondary N) is 1. The number of unbranched alkanes of at least 4 members (excludes halogenated alkanes) is 1. The largest absolute Gasteiger partial charge is 0.497 e. The van der Waals surface area contributed by atoms with Crippen LogP contribution in [0.3, 0.4) is 0 Å². The molecule has 0 radical (unpaired) electrons.